The molecule has 0 nitrogen and oxygen atoms in total. The maximum Gasteiger partial charge on any atom is 0.0757 e. The van der Waals surface area contributed by atoms with Gasteiger partial charge in [-0.3, -0.25) is 0 Å². The molecule has 0 fully saturated rings. The van der Waals surface area contributed by atoms with E-state index < -0.39 is 0 Å². The molecule has 0 aliphatic carbocycles. The molecule has 0 aliphatic heterocycles. The van der Waals surface area contributed by atoms with Crippen LogP contribution in [-0.2, 0) is 0 Å². The number of hydrogen-bond acceptors (Lipinski definition) is 1. The number of benzene rings is 2. The van der Waals surface area contributed by atoms with Gasteiger partial charge in [0.05, 0.1) is 4.83 Å². The van der Waals surface area contributed by atoms with Gasteiger partial charge in [0.1, 0.15) is 0 Å². The summed E-state index contributed by atoms with van der Waals surface area (Å²) < 4.78 is 1.17. The van der Waals surface area contributed by atoms with E-state index >= 15 is 0 Å². The Hall–Kier alpha value is -0.640. The van der Waals surface area contributed by atoms with Gasteiger partial charge in [0.2, 0.25) is 0 Å². The van der Waals surface area contributed by atoms with Crippen molar-refractivity contribution in [3.8, 4) is 0 Å². The number of alkyl halides is 1. The van der Waals surface area contributed by atoms with E-state index in [9.17, 15) is 0 Å². The second kappa shape index (κ2) is 5.39. The van der Waals surface area contributed by atoms with Crippen molar-refractivity contribution in [1.29, 1.82) is 0 Å². The summed E-state index contributed by atoms with van der Waals surface area (Å²) in [6.07, 6.45) is 0. The molecule has 0 saturated carbocycles. The SMILES string of the molecule is Cc1ccc2ccccc2c1C(Br)c1sccc1Br. The van der Waals surface area contributed by atoms with Gasteiger partial charge in [-0.25, -0.2) is 0 Å². The molecule has 1 unspecified atom stereocenters. The van der Waals surface area contributed by atoms with Gasteiger partial charge < -0.3 is 0 Å². The molecule has 1 atom stereocenters. The fraction of sp³-hybridized carbons (Fsp3) is 0.125. The van der Waals surface area contributed by atoms with Gasteiger partial charge >= 0.3 is 0 Å². The first-order valence-electron chi connectivity index (χ1n) is 6.03. The van der Waals surface area contributed by atoms with E-state index in [1.807, 2.05) is 0 Å². The van der Waals surface area contributed by atoms with Gasteiger partial charge in [-0.2, -0.15) is 0 Å². The van der Waals surface area contributed by atoms with Crippen LogP contribution in [0.25, 0.3) is 10.8 Å². The lowest BCUT2D eigenvalue weighted by Gasteiger charge is -2.16. The van der Waals surface area contributed by atoms with Crippen molar-refractivity contribution in [2.45, 2.75) is 11.8 Å². The van der Waals surface area contributed by atoms with E-state index in [0.717, 1.165) is 0 Å². The van der Waals surface area contributed by atoms with Gasteiger partial charge in [0.25, 0.3) is 0 Å². The van der Waals surface area contributed by atoms with Crippen LogP contribution >= 0.6 is 43.2 Å². The third-order valence-electron chi connectivity index (χ3n) is 3.32. The first-order chi connectivity index (χ1) is 9.18. The molecule has 0 aliphatic rings. The van der Waals surface area contributed by atoms with Gasteiger partial charge in [-0.05, 0) is 56.2 Å². The summed E-state index contributed by atoms with van der Waals surface area (Å²) in [5.74, 6) is 0. The lowest BCUT2D eigenvalue weighted by Crippen LogP contribution is -1.96. The molecule has 2 aromatic carbocycles. The number of hydrogen-bond donors (Lipinski definition) is 0. The van der Waals surface area contributed by atoms with Crippen molar-refractivity contribution in [2.75, 3.05) is 0 Å². The highest BCUT2D eigenvalue weighted by Gasteiger charge is 2.19. The second-order valence-electron chi connectivity index (χ2n) is 4.51. The molecule has 0 amide bonds. The van der Waals surface area contributed by atoms with Crippen LogP contribution in [-0.4, -0.2) is 0 Å². The van der Waals surface area contributed by atoms with Gasteiger partial charge in [-0.1, -0.05) is 52.3 Å². The Bertz CT molecular complexity index is 730. The quantitative estimate of drug-likeness (QED) is 0.437. The van der Waals surface area contributed by atoms with E-state index in [0.29, 0.717) is 0 Å². The van der Waals surface area contributed by atoms with Crippen molar-refractivity contribution in [1.82, 2.24) is 0 Å². The Morgan fingerprint density at radius 3 is 2.58 bits per heavy atom. The molecule has 1 heterocycles. The lowest BCUT2D eigenvalue weighted by molar-refractivity contribution is 1.20. The topological polar surface area (TPSA) is 0 Å². The Morgan fingerprint density at radius 2 is 1.84 bits per heavy atom. The van der Waals surface area contributed by atoms with Crippen molar-refractivity contribution >= 4 is 54.0 Å². The number of halogens is 2. The molecule has 0 spiro atoms. The Kier molecular flexibility index (Phi) is 3.79. The molecule has 3 aromatic rings. The summed E-state index contributed by atoms with van der Waals surface area (Å²) in [6.45, 7) is 2.18. The Balaban J connectivity index is 2.24. The van der Waals surface area contributed by atoms with Crippen LogP contribution in [0.5, 0.6) is 0 Å². The number of thiophene rings is 1. The summed E-state index contributed by atoms with van der Waals surface area (Å²) >= 11 is 9.29. The minimum atomic E-state index is 0.230. The van der Waals surface area contributed by atoms with E-state index in [2.05, 4.69) is 86.6 Å². The van der Waals surface area contributed by atoms with E-state index in [4.69, 9.17) is 0 Å². The lowest BCUT2D eigenvalue weighted by atomic mass is 9.97. The fourth-order valence-electron chi connectivity index (χ4n) is 2.36. The maximum absolute atomic E-state index is 3.88. The first-order valence-corrected chi connectivity index (χ1v) is 8.62. The molecule has 3 heteroatoms. The maximum atomic E-state index is 3.88. The first kappa shape index (κ1) is 13.3. The van der Waals surface area contributed by atoms with Crippen molar-refractivity contribution < 1.29 is 0 Å². The minimum absolute atomic E-state index is 0.230. The summed E-state index contributed by atoms with van der Waals surface area (Å²) in [5, 5.41) is 4.73. The number of rotatable bonds is 2. The van der Waals surface area contributed by atoms with Crippen LogP contribution in [0, 0.1) is 6.92 Å². The molecule has 0 bridgehead atoms. The van der Waals surface area contributed by atoms with E-state index in [1.54, 1.807) is 11.3 Å². The highest BCUT2D eigenvalue weighted by atomic mass is 79.9. The van der Waals surface area contributed by atoms with E-state index in [-0.39, 0.29) is 4.83 Å². The van der Waals surface area contributed by atoms with Gasteiger partial charge in [0.15, 0.2) is 0 Å². The highest BCUT2D eigenvalue weighted by molar-refractivity contribution is 9.11. The fourth-order valence-corrected chi connectivity index (χ4v) is 5.43. The average molecular weight is 396 g/mol. The van der Waals surface area contributed by atoms with Crippen molar-refractivity contribution in [3.63, 3.8) is 0 Å². The molecular weight excluding hydrogens is 384 g/mol. The van der Waals surface area contributed by atoms with Crippen LogP contribution in [0.2, 0.25) is 0 Å². The predicted molar refractivity (Wildman–Crippen MR) is 91.5 cm³/mol. The normalized spacial score (nSPS) is 12.8. The molecular formula is C16H12Br2S. The highest BCUT2D eigenvalue weighted by Crippen LogP contribution is 2.42. The third-order valence-corrected chi connectivity index (χ3v) is 6.47. The zero-order chi connectivity index (χ0) is 13.4. The largest absolute Gasteiger partial charge is 0.146 e. The standard InChI is InChI=1S/C16H12Br2S/c1-10-6-7-11-4-2-3-5-12(11)14(10)15(18)16-13(17)8-9-19-16/h2-9,15H,1H3. The molecule has 0 saturated heterocycles. The Labute approximate surface area is 133 Å². The second-order valence-corrected chi connectivity index (χ2v) is 7.23. The van der Waals surface area contributed by atoms with Crippen molar-refractivity contribution in [2.24, 2.45) is 0 Å². The van der Waals surface area contributed by atoms with Crippen LogP contribution in [0.4, 0.5) is 0 Å². The average Bonchev–Trinajstić information content (AvgIpc) is 2.84. The van der Waals surface area contributed by atoms with Crippen LogP contribution in [0.15, 0.2) is 52.3 Å². The summed E-state index contributed by atoms with van der Waals surface area (Å²) in [7, 11) is 0. The molecule has 0 N–H and O–H groups in total. The van der Waals surface area contributed by atoms with E-state index in [1.165, 1.54) is 31.2 Å². The molecule has 96 valence electrons. The van der Waals surface area contributed by atoms with Crippen LogP contribution in [0.1, 0.15) is 20.8 Å². The van der Waals surface area contributed by atoms with Crippen molar-refractivity contribution in [3.05, 3.63) is 68.3 Å². The summed E-state index contributed by atoms with van der Waals surface area (Å²) in [6, 6.07) is 15.1. The van der Waals surface area contributed by atoms with Gasteiger partial charge in [0, 0.05) is 9.35 Å². The monoisotopic (exact) mass is 394 g/mol. The molecule has 0 radical (unpaired) electrons. The zero-order valence-corrected chi connectivity index (χ0v) is 14.3. The zero-order valence-electron chi connectivity index (χ0n) is 10.4. The number of aryl methyl sites for hydroxylation is 1. The predicted octanol–water partition coefficient (Wildman–Crippen LogP) is 6.46. The molecule has 3 rings (SSSR count). The summed E-state index contributed by atoms with van der Waals surface area (Å²) in [5.41, 5.74) is 2.68. The molecule has 1 aromatic heterocycles. The molecule has 19 heavy (non-hydrogen) atoms. The summed E-state index contributed by atoms with van der Waals surface area (Å²) in [4.78, 5) is 1.55. The van der Waals surface area contributed by atoms with Crippen LogP contribution < -0.4 is 0 Å². The third kappa shape index (κ3) is 2.39. The van der Waals surface area contributed by atoms with Gasteiger partial charge in [-0.15, -0.1) is 11.3 Å². The smallest absolute Gasteiger partial charge is 0.0757 e. The van der Waals surface area contributed by atoms with Crippen LogP contribution in [0.3, 0.4) is 0 Å². The minimum Gasteiger partial charge on any atom is -0.146 e. The Morgan fingerprint density at radius 1 is 1.05 bits per heavy atom. The number of fused-ring (bicyclic) bond motifs is 1.